The normalized spacial score (nSPS) is 12.1. The van der Waals surface area contributed by atoms with E-state index in [-0.39, 0.29) is 0 Å². The summed E-state index contributed by atoms with van der Waals surface area (Å²) in [6.07, 6.45) is 3.87. The van der Waals surface area contributed by atoms with E-state index >= 15 is 0 Å². The quantitative estimate of drug-likeness (QED) is 0.724. The first-order valence-corrected chi connectivity index (χ1v) is 5.39. The molecule has 0 bridgehead atoms. The lowest BCUT2D eigenvalue weighted by Crippen LogP contribution is -2.25. The molecule has 0 aromatic heterocycles. The molecule has 0 amide bonds. The van der Waals surface area contributed by atoms with Crippen LogP contribution >= 0.6 is 0 Å². The van der Waals surface area contributed by atoms with Gasteiger partial charge in [-0.2, -0.15) is 0 Å². The SMILES string of the molecule is C=CNC(CC)Cc1ccc(N)c(C)c1. The Morgan fingerprint density at radius 1 is 1.53 bits per heavy atom. The number of anilines is 1. The van der Waals surface area contributed by atoms with Gasteiger partial charge in [-0.25, -0.2) is 0 Å². The number of rotatable bonds is 5. The number of nitrogen functional groups attached to an aromatic ring is 1. The molecule has 82 valence electrons. The molecule has 0 aliphatic carbocycles. The lowest BCUT2D eigenvalue weighted by Gasteiger charge is -2.15. The highest BCUT2D eigenvalue weighted by atomic mass is 14.9. The lowest BCUT2D eigenvalue weighted by atomic mass is 10.0. The van der Waals surface area contributed by atoms with Crippen LogP contribution in [0.5, 0.6) is 0 Å². The summed E-state index contributed by atoms with van der Waals surface area (Å²) in [4.78, 5) is 0. The third-order valence-electron chi connectivity index (χ3n) is 2.66. The van der Waals surface area contributed by atoms with Crippen LogP contribution in [-0.4, -0.2) is 6.04 Å². The number of nitrogens with one attached hydrogen (secondary N) is 1. The van der Waals surface area contributed by atoms with E-state index in [1.807, 2.05) is 13.0 Å². The molecule has 15 heavy (non-hydrogen) atoms. The third-order valence-corrected chi connectivity index (χ3v) is 2.66. The second-order valence-electron chi connectivity index (χ2n) is 3.87. The van der Waals surface area contributed by atoms with Crippen LogP contribution in [0, 0.1) is 6.92 Å². The highest BCUT2D eigenvalue weighted by Crippen LogP contribution is 2.14. The molecule has 1 unspecified atom stereocenters. The summed E-state index contributed by atoms with van der Waals surface area (Å²) in [5.41, 5.74) is 9.12. The van der Waals surface area contributed by atoms with Gasteiger partial charge in [0.25, 0.3) is 0 Å². The van der Waals surface area contributed by atoms with Crippen LogP contribution in [0.25, 0.3) is 0 Å². The van der Waals surface area contributed by atoms with Gasteiger partial charge in [0.15, 0.2) is 0 Å². The standard InChI is InChI=1S/C13H20N2/c1-4-12(15-5-2)9-11-6-7-13(14)10(3)8-11/h5-8,12,15H,2,4,9,14H2,1,3H3. The van der Waals surface area contributed by atoms with Gasteiger partial charge in [0, 0.05) is 11.7 Å². The molecule has 0 saturated carbocycles. The van der Waals surface area contributed by atoms with Gasteiger partial charge in [0.05, 0.1) is 0 Å². The van der Waals surface area contributed by atoms with Crippen LogP contribution in [0.2, 0.25) is 0 Å². The van der Waals surface area contributed by atoms with E-state index in [0.29, 0.717) is 6.04 Å². The molecular formula is C13H20N2. The molecule has 0 saturated heterocycles. The Bertz CT molecular complexity index is 331. The molecule has 0 aliphatic rings. The van der Waals surface area contributed by atoms with Gasteiger partial charge in [0.1, 0.15) is 0 Å². The Morgan fingerprint density at radius 3 is 2.80 bits per heavy atom. The Hall–Kier alpha value is -1.44. The van der Waals surface area contributed by atoms with Gasteiger partial charge in [-0.3, -0.25) is 0 Å². The number of aryl methyl sites for hydroxylation is 1. The molecule has 0 aliphatic heterocycles. The van der Waals surface area contributed by atoms with Crippen molar-refractivity contribution < 1.29 is 0 Å². The molecule has 1 rings (SSSR count). The van der Waals surface area contributed by atoms with Crippen molar-refractivity contribution in [3.05, 3.63) is 42.1 Å². The highest BCUT2D eigenvalue weighted by molar-refractivity contribution is 5.47. The van der Waals surface area contributed by atoms with Crippen molar-refractivity contribution in [2.24, 2.45) is 0 Å². The highest BCUT2D eigenvalue weighted by Gasteiger charge is 2.05. The van der Waals surface area contributed by atoms with Crippen molar-refractivity contribution in [2.45, 2.75) is 32.7 Å². The minimum atomic E-state index is 0.463. The van der Waals surface area contributed by atoms with Crippen molar-refractivity contribution >= 4 is 5.69 Å². The Kier molecular flexibility index (Phi) is 4.22. The van der Waals surface area contributed by atoms with Crippen molar-refractivity contribution in [2.75, 3.05) is 5.73 Å². The van der Waals surface area contributed by atoms with Crippen molar-refractivity contribution in [1.29, 1.82) is 0 Å². The van der Waals surface area contributed by atoms with E-state index in [1.54, 1.807) is 6.20 Å². The van der Waals surface area contributed by atoms with Crippen molar-refractivity contribution in [3.8, 4) is 0 Å². The Labute approximate surface area is 92.2 Å². The van der Waals surface area contributed by atoms with E-state index in [4.69, 9.17) is 5.73 Å². The average molecular weight is 204 g/mol. The fourth-order valence-corrected chi connectivity index (χ4v) is 1.64. The van der Waals surface area contributed by atoms with Crippen LogP contribution in [0.3, 0.4) is 0 Å². The monoisotopic (exact) mass is 204 g/mol. The fourth-order valence-electron chi connectivity index (χ4n) is 1.64. The van der Waals surface area contributed by atoms with Crippen molar-refractivity contribution in [1.82, 2.24) is 5.32 Å². The largest absolute Gasteiger partial charge is 0.399 e. The topological polar surface area (TPSA) is 38.0 Å². The fraction of sp³-hybridized carbons (Fsp3) is 0.385. The van der Waals surface area contributed by atoms with E-state index in [2.05, 4.69) is 31.0 Å². The zero-order valence-corrected chi connectivity index (χ0v) is 9.59. The van der Waals surface area contributed by atoms with E-state index < -0.39 is 0 Å². The molecule has 0 spiro atoms. The summed E-state index contributed by atoms with van der Waals surface area (Å²) in [5.74, 6) is 0. The van der Waals surface area contributed by atoms with Gasteiger partial charge in [-0.05, 0) is 43.2 Å². The van der Waals surface area contributed by atoms with Crippen LogP contribution in [0.4, 0.5) is 5.69 Å². The first-order chi connectivity index (χ1) is 7.17. The average Bonchev–Trinajstić information content (AvgIpc) is 2.23. The smallest absolute Gasteiger partial charge is 0.0343 e. The third kappa shape index (κ3) is 3.31. The Balaban J connectivity index is 2.70. The van der Waals surface area contributed by atoms with Crippen LogP contribution in [0.15, 0.2) is 31.0 Å². The molecule has 1 atom stereocenters. The number of nitrogens with two attached hydrogens (primary N) is 1. The molecular weight excluding hydrogens is 184 g/mol. The van der Waals surface area contributed by atoms with Crippen molar-refractivity contribution in [3.63, 3.8) is 0 Å². The summed E-state index contributed by atoms with van der Waals surface area (Å²) in [6.45, 7) is 7.90. The molecule has 1 aromatic carbocycles. The molecule has 2 heteroatoms. The zero-order chi connectivity index (χ0) is 11.3. The summed E-state index contributed by atoms with van der Waals surface area (Å²) in [5, 5.41) is 3.25. The number of benzene rings is 1. The maximum absolute atomic E-state index is 5.78. The second kappa shape index (κ2) is 5.44. The minimum Gasteiger partial charge on any atom is -0.399 e. The Morgan fingerprint density at radius 2 is 2.27 bits per heavy atom. The van der Waals surface area contributed by atoms with Gasteiger partial charge in [-0.1, -0.05) is 25.6 Å². The molecule has 3 N–H and O–H groups in total. The zero-order valence-electron chi connectivity index (χ0n) is 9.59. The predicted octanol–water partition coefficient (Wildman–Crippen LogP) is 2.63. The summed E-state index contributed by atoms with van der Waals surface area (Å²) >= 11 is 0. The second-order valence-corrected chi connectivity index (χ2v) is 3.87. The van der Waals surface area contributed by atoms with Gasteiger partial charge < -0.3 is 11.1 Å². The summed E-state index contributed by atoms with van der Waals surface area (Å²) in [6, 6.07) is 6.69. The number of hydrogen-bond donors (Lipinski definition) is 2. The maximum atomic E-state index is 5.78. The van der Waals surface area contributed by atoms with Gasteiger partial charge in [0.2, 0.25) is 0 Å². The van der Waals surface area contributed by atoms with E-state index in [9.17, 15) is 0 Å². The van der Waals surface area contributed by atoms with E-state index in [1.165, 1.54) is 5.56 Å². The van der Waals surface area contributed by atoms with Crippen LogP contribution in [0.1, 0.15) is 24.5 Å². The minimum absolute atomic E-state index is 0.463. The molecule has 0 heterocycles. The van der Waals surface area contributed by atoms with E-state index in [0.717, 1.165) is 24.1 Å². The first-order valence-electron chi connectivity index (χ1n) is 5.39. The predicted molar refractivity (Wildman–Crippen MR) is 66.7 cm³/mol. The van der Waals surface area contributed by atoms with Gasteiger partial charge >= 0.3 is 0 Å². The van der Waals surface area contributed by atoms with Crippen LogP contribution < -0.4 is 11.1 Å². The number of hydrogen-bond acceptors (Lipinski definition) is 2. The summed E-state index contributed by atoms with van der Waals surface area (Å²) < 4.78 is 0. The molecule has 2 nitrogen and oxygen atoms in total. The lowest BCUT2D eigenvalue weighted by molar-refractivity contribution is 0.565. The molecule has 1 aromatic rings. The van der Waals surface area contributed by atoms with Crippen LogP contribution in [-0.2, 0) is 6.42 Å². The molecule has 0 radical (unpaired) electrons. The van der Waals surface area contributed by atoms with Gasteiger partial charge in [-0.15, -0.1) is 0 Å². The maximum Gasteiger partial charge on any atom is 0.0343 e. The summed E-state index contributed by atoms with van der Waals surface area (Å²) in [7, 11) is 0. The molecule has 0 fully saturated rings. The first kappa shape index (κ1) is 11.6.